The van der Waals surface area contributed by atoms with Gasteiger partial charge in [-0.15, -0.1) is 23.7 Å². The van der Waals surface area contributed by atoms with Gasteiger partial charge in [-0.05, 0) is 105 Å². The maximum Gasteiger partial charge on any atom is 0.284 e. The number of rotatable bonds is 15. The van der Waals surface area contributed by atoms with Crippen LogP contribution in [0.5, 0.6) is 17.2 Å². The lowest BCUT2D eigenvalue weighted by Gasteiger charge is -2.17. The van der Waals surface area contributed by atoms with E-state index < -0.39 is 0 Å². The maximum atomic E-state index is 13.2. The molecule has 4 aromatic rings. The van der Waals surface area contributed by atoms with Gasteiger partial charge in [0.1, 0.15) is 17.2 Å². The molecule has 0 aliphatic carbocycles. The van der Waals surface area contributed by atoms with E-state index in [2.05, 4.69) is 31.0 Å². The molecule has 3 aromatic carbocycles. The number of benzene rings is 3. The highest BCUT2D eigenvalue weighted by molar-refractivity contribution is 7.14. The number of ether oxygens (including phenoxy) is 2. The van der Waals surface area contributed by atoms with Crippen LogP contribution in [0.15, 0.2) is 72.8 Å². The second-order valence-corrected chi connectivity index (χ2v) is 11.2. The van der Waals surface area contributed by atoms with Gasteiger partial charge in [0.2, 0.25) is 0 Å². The van der Waals surface area contributed by atoms with Crippen molar-refractivity contribution in [2.75, 3.05) is 31.6 Å². The summed E-state index contributed by atoms with van der Waals surface area (Å²) in [5.41, 5.74) is 2.51. The molecule has 6 nitrogen and oxygen atoms in total. The van der Waals surface area contributed by atoms with Crippen molar-refractivity contribution in [3.63, 3.8) is 0 Å². The first-order chi connectivity index (χ1) is 20.0. The first-order valence-electron chi connectivity index (χ1n) is 14.3. The molecule has 224 valence electrons. The average Bonchev–Trinajstić information content (AvgIpc) is 3.43. The van der Waals surface area contributed by atoms with Crippen LogP contribution >= 0.6 is 35.3 Å². The molecule has 1 heterocycles. The van der Waals surface area contributed by atoms with E-state index in [-0.39, 0.29) is 18.3 Å². The summed E-state index contributed by atoms with van der Waals surface area (Å²) in [6.45, 7) is 10.3. The van der Waals surface area contributed by atoms with Crippen molar-refractivity contribution in [1.29, 1.82) is 0 Å². The van der Waals surface area contributed by atoms with E-state index in [0.717, 1.165) is 73.0 Å². The summed E-state index contributed by atoms with van der Waals surface area (Å²) in [5, 5.41) is 4.10. The third-order valence-electron chi connectivity index (χ3n) is 6.72. The smallest absolute Gasteiger partial charge is 0.284 e. The summed E-state index contributed by atoms with van der Waals surface area (Å²) in [6, 6.07) is 22.6. The highest BCUT2D eigenvalue weighted by atomic mass is 35.5. The van der Waals surface area contributed by atoms with E-state index in [1.165, 1.54) is 11.3 Å². The third-order valence-corrected chi connectivity index (χ3v) is 8.09. The standard InChI is InChI=1S/C33H38ClN3O3S.ClH/c1-4-7-9-30-31(24-10-16-28(17-11-24)40-29-18-12-25(34)13-19-29)36-33(41-30)32(38)35-26-14-20-27(21-15-26)39-23-8-22-37(5-2)6-3;/h10-21H,4-9,22-23H2,1-3H3,(H,35,38);1H. The van der Waals surface area contributed by atoms with Crippen LogP contribution in [0.4, 0.5) is 5.69 Å². The summed E-state index contributed by atoms with van der Waals surface area (Å²) in [5.74, 6) is 2.02. The molecule has 0 saturated carbocycles. The van der Waals surface area contributed by atoms with Crippen LogP contribution < -0.4 is 14.8 Å². The van der Waals surface area contributed by atoms with E-state index in [1.807, 2.05) is 60.7 Å². The van der Waals surface area contributed by atoms with Gasteiger partial charge < -0.3 is 19.7 Å². The molecule has 0 fully saturated rings. The van der Waals surface area contributed by atoms with Crippen molar-refractivity contribution in [2.45, 2.75) is 46.5 Å². The fraction of sp³-hybridized carbons (Fsp3) is 0.333. The molecule has 1 amide bonds. The zero-order valence-corrected chi connectivity index (χ0v) is 26.8. The van der Waals surface area contributed by atoms with E-state index >= 15 is 0 Å². The summed E-state index contributed by atoms with van der Waals surface area (Å²) < 4.78 is 11.8. The molecule has 1 aromatic heterocycles. The zero-order chi connectivity index (χ0) is 29.0. The lowest BCUT2D eigenvalue weighted by molar-refractivity contribution is 0.102. The predicted molar refractivity (Wildman–Crippen MR) is 177 cm³/mol. The van der Waals surface area contributed by atoms with Gasteiger partial charge in [0.05, 0.1) is 12.3 Å². The quantitative estimate of drug-likeness (QED) is 0.133. The Hall–Kier alpha value is -3.10. The van der Waals surface area contributed by atoms with Gasteiger partial charge in [-0.1, -0.05) is 38.8 Å². The minimum atomic E-state index is -0.213. The van der Waals surface area contributed by atoms with Crippen molar-refractivity contribution < 1.29 is 14.3 Å². The molecular formula is C33H39Cl2N3O3S. The molecule has 0 spiro atoms. The molecule has 0 aliphatic rings. The maximum absolute atomic E-state index is 13.2. The highest BCUT2D eigenvalue weighted by Gasteiger charge is 2.18. The Kier molecular flexibility index (Phi) is 13.6. The Balaban J connectivity index is 0.00000484. The molecule has 0 saturated heterocycles. The first-order valence-corrected chi connectivity index (χ1v) is 15.5. The van der Waals surface area contributed by atoms with Gasteiger partial charge in [-0.2, -0.15) is 0 Å². The molecule has 0 atom stereocenters. The zero-order valence-electron chi connectivity index (χ0n) is 24.4. The van der Waals surface area contributed by atoms with Gasteiger partial charge >= 0.3 is 0 Å². The van der Waals surface area contributed by atoms with Crippen molar-refractivity contribution in [1.82, 2.24) is 9.88 Å². The summed E-state index contributed by atoms with van der Waals surface area (Å²) >= 11 is 7.43. The Labute approximate surface area is 264 Å². The Bertz CT molecular complexity index is 1370. The summed E-state index contributed by atoms with van der Waals surface area (Å²) in [7, 11) is 0. The van der Waals surface area contributed by atoms with E-state index in [1.54, 1.807) is 12.1 Å². The topological polar surface area (TPSA) is 63.7 Å². The lowest BCUT2D eigenvalue weighted by Crippen LogP contribution is -2.25. The minimum Gasteiger partial charge on any atom is -0.494 e. The van der Waals surface area contributed by atoms with Crippen molar-refractivity contribution >= 4 is 46.9 Å². The second kappa shape index (κ2) is 17.1. The van der Waals surface area contributed by atoms with Crippen LogP contribution in [0.25, 0.3) is 11.3 Å². The molecule has 4 rings (SSSR count). The Morgan fingerprint density at radius 2 is 1.50 bits per heavy atom. The van der Waals surface area contributed by atoms with Crippen LogP contribution in [0, 0.1) is 0 Å². The number of thiazole rings is 1. The molecule has 0 radical (unpaired) electrons. The van der Waals surface area contributed by atoms with Crippen molar-refractivity contribution in [3.8, 4) is 28.5 Å². The SMILES string of the molecule is CCCCc1sc(C(=O)Nc2ccc(OCCCN(CC)CC)cc2)nc1-c1ccc(Oc2ccc(Cl)cc2)cc1.Cl. The number of hydrogen-bond acceptors (Lipinski definition) is 6. The highest BCUT2D eigenvalue weighted by Crippen LogP contribution is 2.32. The summed E-state index contributed by atoms with van der Waals surface area (Å²) in [6.07, 6.45) is 3.95. The number of amides is 1. The van der Waals surface area contributed by atoms with E-state index in [4.69, 9.17) is 26.1 Å². The molecule has 0 aliphatic heterocycles. The van der Waals surface area contributed by atoms with Crippen LogP contribution in [0.3, 0.4) is 0 Å². The number of unbranched alkanes of at least 4 members (excludes halogenated alkanes) is 1. The van der Waals surface area contributed by atoms with Crippen LogP contribution in [0.2, 0.25) is 5.02 Å². The second-order valence-electron chi connectivity index (χ2n) is 9.68. The largest absolute Gasteiger partial charge is 0.494 e. The predicted octanol–water partition coefficient (Wildman–Crippen LogP) is 9.38. The van der Waals surface area contributed by atoms with E-state index in [0.29, 0.717) is 28.1 Å². The van der Waals surface area contributed by atoms with Crippen LogP contribution in [-0.2, 0) is 6.42 Å². The minimum absolute atomic E-state index is 0. The molecule has 42 heavy (non-hydrogen) atoms. The number of carbonyl (C=O) groups excluding carboxylic acids is 1. The monoisotopic (exact) mass is 627 g/mol. The molecule has 0 bridgehead atoms. The third kappa shape index (κ3) is 9.73. The average molecular weight is 629 g/mol. The number of hydrogen-bond donors (Lipinski definition) is 1. The fourth-order valence-corrected chi connectivity index (χ4v) is 5.48. The van der Waals surface area contributed by atoms with Gasteiger partial charge in [-0.25, -0.2) is 4.98 Å². The molecule has 0 unspecified atom stereocenters. The number of anilines is 1. The normalized spacial score (nSPS) is 10.8. The number of nitrogens with one attached hydrogen (secondary N) is 1. The number of halogens is 2. The first kappa shape index (κ1) is 33.4. The molecule has 1 N–H and O–H groups in total. The molecule has 9 heteroatoms. The Morgan fingerprint density at radius 3 is 2.12 bits per heavy atom. The lowest BCUT2D eigenvalue weighted by atomic mass is 10.1. The number of aromatic nitrogens is 1. The van der Waals surface area contributed by atoms with Gasteiger partial charge in [-0.3, -0.25) is 4.79 Å². The van der Waals surface area contributed by atoms with Crippen molar-refractivity contribution in [2.24, 2.45) is 0 Å². The van der Waals surface area contributed by atoms with Crippen LogP contribution in [-0.4, -0.2) is 42.0 Å². The van der Waals surface area contributed by atoms with Gasteiger partial charge in [0.15, 0.2) is 5.01 Å². The fourth-order valence-electron chi connectivity index (χ4n) is 4.34. The van der Waals surface area contributed by atoms with Gasteiger partial charge in [0, 0.05) is 27.7 Å². The summed E-state index contributed by atoms with van der Waals surface area (Å²) in [4.78, 5) is 21.4. The van der Waals surface area contributed by atoms with Crippen molar-refractivity contribution in [3.05, 3.63) is 87.7 Å². The molecular weight excluding hydrogens is 589 g/mol. The Morgan fingerprint density at radius 1 is 0.881 bits per heavy atom. The van der Waals surface area contributed by atoms with Crippen LogP contribution in [0.1, 0.15) is 54.7 Å². The number of nitrogens with zero attached hydrogens (tertiary/aromatic N) is 2. The van der Waals surface area contributed by atoms with E-state index in [9.17, 15) is 4.79 Å². The number of carbonyl (C=O) groups is 1. The number of aryl methyl sites for hydroxylation is 1. The van der Waals surface area contributed by atoms with Gasteiger partial charge in [0.25, 0.3) is 5.91 Å².